The molecule has 4 heterocycles. The van der Waals surface area contributed by atoms with Crippen molar-refractivity contribution in [1.82, 2.24) is 40.4 Å². The zero-order chi connectivity index (χ0) is 33.9. The number of H-pyrrole nitrogens is 2. The van der Waals surface area contributed by atoms with Crippen LogP contribution < -0.4 is 10.6 Å². The van der Waals surface area contributed by atoms with Crippen LogP contribution in [0.15, 0.2) is 73.1 Å². The van der Waals surface area contributed by atoms with Crippen LogP contribution in [0, 0.1) is 48.0 Å². The summed E-state index contributed by atoms with van der Waals surface area (Å²) < 4.78 is 9.34. The summed E-state index contributed by atoms with van der Waals surface area (Å²) in [6.45, 7) is 1.24. The van der Waals surface area contributed by atoms with Gasteiger partial charge in [-0.25, -0.2) is 9.59 Å². The van der Waals surface area contributed by atoms with E-state index in [1.165, 1.54) is 14.2 Å². The van der Waals surface area contributed by atoms with Gasteiger partial charge in [0.15, 0.2) is 0 Å². The smallest absolute Gasteiger partial charge is 0.407 e. The molecule has 2 aliphatic heterocycles. The van der Waals surface area contributed by atoms with Crippen LogP contribution in [0.1, 0.15) is 72.6 Å². The Morgan fingerprint density at radius 1 is 0.714 bits per heavy atom. The predicted octanol–water partition coefficient (Wildman–Crippen LogP) is 3.94. The molecule has 14 nitrogen and oxygen atoms in total. The van der Waals surface area contributed by atoms with Gasteiger partial charge in [-0.3, -0.25) is 9.59 Å². The third kappa shape index (κ3) is 9.37. The first-order valence-electron chi connectivity index (χ1n) is 15.6. The minimum Gasteiger partial charge on any atom is -0.453 e. The van der Waals surface area contributed by atoms with Gasteiger partial charge in [0, 0.05) is 60.8 Å². The first-order valence-corrected chi connectivity index (χ1v) is 15.6. The molecule has 0 spiro atoms. The number of hydrogen-bond donors (Lipinski definition) is 4. The second-order valence-corrected chi connectivity index (χ2v) is 11.2. The average Bonchev–Trinajstić information content (AvgIpc) is 3.97. The summed E-state index contributed by atoms with van der Waals surface area (Å²) in [7, 11) is 2.55. The minimum atomic E-state index is -0.793. The van der Waals surface area contributed by atoms with Crippen molar-refractivity contribution in [2.45, 2.75) is 49.9 Å². The number of benzene rings is 2. The van der Waals surface area contributed by atoms with Crippen LogP contribution in [0.4, 0.5) is 9.59 Å². The van der Waals surface area contributed by atoms with Crippen LogP contribution in [0.25, 0.3) is 0 Å². The van der Waals surface area contributed by atoms with E-state index in [9.17, 15) is 19.2 Å². The van der Waals surface area contributed by atoms with E-state index in [2.05, 4.69) is 52.4 Å². The molecule has 2 aliphatic rings. The summed E-state index contributed by atoms with van der Waals surface area (Å²) in [4.78, 5) is 67.5. The van der Waals surface area contributed by atoms with E-state index in [-0.39, 0.29) is 59.5 Å². The number of likely N-dealkylation sites (tertiary alicyclic amines) is 2. The molecule has 15 heteroatoms. The van der Waals surface area contributed by atoms with Crippen LogP contribution in [-0.4, -0.2) is 81.0 Å². The summed E-state index contributed by atoms with van der Waals surface area (Å²) in [5.41, 5.74) is 1.43. The van der Waals surface area contributed by atoms with Gasteiger partial charge in [0.05, 0.1) is 14.2 Å². The van der Waals surface area contributed by atoms with Gasteiger partial charge in [-0.05, 0) is 48.5 Å². The molecule has 0 aliphatic carbocycles. The third-order valence-corrected chi connectivity index (χ3v) is 8.30. The molecule has 2 fully saturated rings. The molecule has 0 unspecified atom stereocenters. The first kappa shape index (κ1) is 37.4. The summed E-state index contributed by atoms with van der Waals surface area (Å²) >= 11 is 0. The summed E-state index contributed by atoms with van der Waals surface area (Å²) in [5, 5.41) is 5.27. The van der Waals surface area contributed by atoms with Gasteiger partial charge in [0.25, 0.3) is 0 Å². The molecular formula is C34H38LaN8O6-2. The number of aromatic nitrogens is 4. The maximum absolute atomic E-state index is 13.1. The maximum Gasteiger partial charge on any atom is 0.407 e. The number of nitrogens with one attached hydrogen (secondary N) is 4. The standard InChI is InChI=1S/2C17H19N4O3.La/c2*1-24-17(23)20-14(12-6-3-2-4-7-12)16(22)21-11-5-8-13(21)15-18-9-10-19-15;/h2*2-4,6-7,9,13-14H,5,8,11H2,1H3,(H,18,19)(H,20,23);/q2*-1;/t2*13-,14+;/m00./s1. The normalized spacial score (nSPS) is 17.8. The van der Waals surface area contributed by atoms with E-state index in [0.717, 1.165) is 25.7 Å². The molecule has 2 aromatic carbocycles. The van der Waals surface area contributed by atoms with Gasteiger partial charge in [0.1, 0.15) is 12.1 Å². The van der Waals surface area contributed by atoms with Crippen molar-refractivity contribution in [2.24, 2.45) is 0 Å². The van der Waals surface area contributed by atoms with E-state index in [1.54, 1.807) is 22.2 Å². The number of methoxy groups -OCH3 is 2. The van der Waals surface area contributed by atoms with Gasteiger partial charge in [0.2, 0.25) is 11.8 Å². The van der Waals surface area contributed by atoms with E-state index < -0.39 is 24.3 Å². The molecule has 6 rings (SSSR count). The Hall–Kier alpha value is -4.47. The van der Waals surface area contributed by atoms with Crippen molar-refractivity contribution < 1.29 is 64.3 Å². The molecule has 0 saturated carbocycles. The number of ether oxygens (including phenoxy) is 2. The Labute approximate surface area is 312 Å². The van der Waals surface area contributed by atoms with Gasteiger partial charge in [-0.1, -0.05) is 73.1 Å². The fourth-order valence-electron chi connectivity index (χ4n) is 6.00. The van der Waals surface area contributed by atoms with Crippen LogP contribution in [-0.2, 0) is 19.1 Å². The zero-order valence-corrected chi connectivity index (χ0v) is 30.9. The van der Waals surface area contributed by atoms with Crippen molar-refractivity contribution in [3.63, 3.8) is 0 Å². The van der Waals surface area contributed by atoms with E-state index in [4.69, 9.17) is 0 Å². The van der Waals surface area contributed by atoms with Crippen molar-refractivity contribution >= 4 is 24.0 Å². The summed E-state index contributed by atoms with van der Waals surface area (Å²) in [5.74, 6) is 1.08. The predicted molar refractivity (Wildman–Crippen MR) is 172 cm³/mol. The molecule has 1 radical (unpaired) electrons. The number of imidazole rings is 2. The van der Waals surface area contributed by atoms with Crippen LogP contribution in [0.3, 0.4) is 0 Å². The van der Waals surface area contributed by atoms with Crippen molar-refractivity contribution in [2.75, 3.05) is 27.3 Å². The topological polar surface area (TPSA) is 175 Å². The quantitative estimate of drug-likeness (QED) is 0.194. The van der Waals surface area contributed by atoms with Crippen LogP contribution >= 0.6 is 0 Å². The summed E-state index contributed by atoms with van der Waals surface area (Å²) in [6, 6.07) is 16.4. The van der Waals surface area contributed by atoms with Crippen LogP contribution in [0.5, 0.6) is 0 Å². The second-order valence-electron chi connectivity index (χ2n) is 11.2. The number of rotatable bonds is 8. The Morgan fingerprint density at radius 3 is 1.43 bits per heavy atom. The number of amides is 4. The zero-order valence-electron chi connectivity index (χ0n) is 27.3. The number of carbonyl (C=O) groups excluding carboxylic acids is 4. The Kier molecular flexibility index (Phi) is 14.0. The minimum absolute atomic E-state index is 0. The molecule has 4 N–H and O–H groups in total. The number of aromatic amines is 2. The van der Waals surface area contributed by atoms with E-state index in [1.807, 2.05) is 60.7 Å². The SMILES string of the molecule is COC(=O)N[C@@H](C(=O)N1CCC[C@H]1c1n[c-]c[nH]1)c1ccccc1.COC(=O)N[C@@H](C(=O)N1CCC[C@H]1c1n[c-]c[nH]1)c1ccccc1.[La]. The molecule has 4 atom stereocenters. The van der Waals surface area contributed by atoms with Crippen molar-refractivity contribution in [1.29, 1.82) is 0 Å². The van der Waals surface area contributed by atoms with Gasteiger partial charge >= 0.3 is 12.2 Å². The molecule has 4 amide bonds. The molecule has 255 valence electrons. The molecule has 2 aromatic heterocycles. The molecule has 4 aromatic rings. The third-order valence-electron chi connectivity index (χ3n) is 8.30. The summed E-state index contributed by atoms with van der Waals surface area (Å²) in [6.07, 6.45) is 10.9. The molecule has 49 heavy (non-hydrogen) atoms. The fraction of sp³-hybridized carbons (Fsp3) is 0.353. The van der Waals surface area contributed by atoms with Gasteiger partial charge in [-0.15, -0.1) is 12.4 Å². The van der Waals surface area contributed by atoms with Crippen molar-refractivity contribution in [3.05, 3.63) is 108 Å². The Balaban J connectivity index is 0.000000216. The Morgan fingerprint density at radius 2 is 1.10 bits per heavy atom. The maximum atomic E-state index is 13.1. The fourth-order valence-corrected chi connectivity index (χ4v) is 6.00. The number of alkyl carbamates (subject to hydrolysis) is 2. The number of hydrogen-bond acceptors (Lipinski definition) is 8. The Bertz CT molecular complexity index is 1500. The second kappa shape index (κ2) is 18.3. The van der Waals surface area contributed by atoms with E-state index >= 15 is 0 Å². The first-order chi connectivity index (χ1) is 23.4. The largest absolute Gasteiger partial charge is 0.453 e. The van der Waals surface area contributed by atoms with Gasteiger partial charge < -0.3 is 49.8 Å². The van der Waals surface area contributed by atoms with E-state index in [0.29, 0.717) is 35.9 Å². The molecule has 0 bridgehead atoms. The number of carbonyl (C=O) groups is 4. The molecular weight excluding hydrogens is 755 g/mol. The van der Waals surface area contributed by atoms with Crippen LogP contribution in [0.2, 0.25) is 0 Å². The van der Waals surface area contributed by atoms with Crippen molar-refractivity contribution in [3.8, 4) is 0 Å². The number of nitrogens with zero attached hydrogens (tertiary/aromatic N) is 4. The molecule has 2 saturated heterocycles. The monoisotopic (exact) mass is 793 g/mol. The van der Waals surface area contributed by atoms with Gasteiger partial charge in [-0.2, -0.15) is 0 Å². The average molecular weight is 794 g/mol.